The number of hydrazone groups is 1. The number of benzene rings is 3. The summed E-state index contributed by atoms with van der Waals surface area (Å²) in [7, 11) is -4.04. The van der Waals surface area contributed by atoms with Crippen molar-refractivity contribution in [1.82, 2.24) is 4.83 Å². The molecule has 0 saturated carbocycles. The predicted octanol–water partition coefficient (Wildman–Crippen LogP) is 4.45. The van der Waals surface area contributed by atoms with Gasteiger partial charge in [0, 0.05) is 16.7 Å². The summed E-state index contributed by atoms with van der Waals surface area (Å²) in [5.41, 5.74) is 1.70. The predicted molar refractivity (Wildman–Crippen MR) is 118 cm³/mol. The molecule has 1 N–H and O–H groups in total. The second kappa shape index (κ2) is 9.59. The van der Waals surface area contributed by atoms with Crippen molar-refractivity contribution in [3.63, 3.8) is 0 Å². The van der Waals surface area contributed by atoms with Crippen LogP contribution in [0.2, 0.25) is 5.02 Å². The van der Waals surface area contributed by atoms with E-state index in [0.29, 0.717) is 28.5 Å². The van der Waals surface area contributed by atoms with E-state index in [0.717, 1.165) is 11.6 Å². The molecule has 0 fully saturated rings. The lowest BCUT2D eigenvalue weighted by Crippen LogP contribution is -2.18. The summed E-state index contributed by atoms with van der Waals surface area (Å²) < 4.78 is 30.3. The van der Waals surface area contributed by atoms with Crippen LogP contribution in [-0.4, -0.2) is 19.6 Å². The molecule has 0 heterocycles. The lowest BCUT2D eigenvalue weighted by atomic mass is 10.2. The first kappa shape index (κ1) is 22.3. The first-order valence-electron chi connectivity index (χ1n) is 9.02. The van der Waals surface area contributed by atoms with Gasteiger partial charge in [0.2, 0.25) is 0 Å². The summed E-state index contributed by atoms with van der Waals surface area (Å²) in [4.78, 5) is 12.2. The minimum absolute atomic E-state index is 0.243. The molecule has 3 aromatic rings. The van der Waals surface area contributed by atoms with E-state index in [9.17, 15) is 18.5 Å². The molecule has 0 aromatic heterocycles. The minimum Gasteiger partial charge on any atom is -0.489 e. The van der Waals surface area contributed by atoms with Crippen molar-refractivity contribution in [2.45, 2.75) is 18.4 Å². The first-order chi connectivity index (χ1) is 14.7. The SMILES string of the molecule is Cc1ccc(S(=O)(=O)N/N=C/c2ccc(OCc3ccc(Cl)cc3)cc2)cc1[N+](=O)[O-]. The minimum atomic E-state index is -4.04. The topological polar surface area (TPSA) is 111 Å². The summed E-state index contributed by atoms with van der Waals surface area (Å²) in [6.45, 7) is 1.91. The fourth-order valence-electron chi connectivity index (χ4n) is 2.57. The molecule has 0 aliphatic heterocycles. The van der Waals surface area contributed by atoms with Crippen LogP contribution >= 0.6 is 11.6 Å². The summed E-state index contributed by atoms with van der Waals surface area (Å²) >= 11 is 5.85. The molecule has 3 rings (SSSR count). The molecule has 31 heavy (non-hydrogen) atoms. The van der Waals surface area contributed by atoms with Crippen LogP contribution in [0.5, 0.6) is 5.75 Å². The standard InChI is InChI=1S/C21H18ClN3O5S/c1-15-2-11-20(12-21(15)25(26)27)31(28,29)24-23-13-16-5-9-19(10-6-16)30-14-17-3-7-18(22)8-4-17/h2-13,24H,14H2,1H3/b23-13+. The number of aryl methyl sites for hydroxylation is 1. The summed E-state index contributed by atoms with van der Waals surface area (Å²) in [5, 5.41) is 15.4. The molecule has 8 nitrogen and oxygen atoms in total. The number of hydrogen-bond donors (Lipinski definition) is 1. The second-order valence-corrected chi connectivity index (χ2v) is 8.64. The Morgan fingerprint density at radius 3 is 2.42 bits per heavy atom. The number of sulfonamides is 1. The molecule has 0 aliphatic carbocycles. The molecular formula is C21H18ClN3O5S. The largest absolute Gasteiger partial charge is 0.489 e. The van der Waals surface area contributed by atoms with Gasteiger partial charge >= 0.3 is 0 Å². The molecule has 0 atom stereocenters. The van der Waals surface area contributed by atoms with Crippen molar-refractivity contribution in [1.29, 1.82) is 0 Å². The van der Waals surface area contributed by atoms with Crippen LogP contribution in [0.1, 0.15) is 16.7 Å². The quantitative estimate of drug-likeness (QED) is 0.304. The Bertz CT molecular complexity index is 1210. The Kier molecular flexibility index (Phi) is 6.88. The Hall–Kier alpha value is -3.43. The average molecular weight is 460 g/mol. The van der Waals surface area contributed by atoms with Crippen LogP contribution in [0.4, 0.5) is 5.69 Å². The average Bonchev–Trinajstić information content (AvgIpc) is 2.74. The number of nitro groups is 1. The highest BCUT2D eigenvalue weighted by Crippen LogP contribution is 2.22. The zero-order valence-electron chi connectivity index (χ0n) is 16.4. The van der Waals surface area contributed by atoms with Gasteiger partial charge in [0.15, 0.2) is 0 Å². The Labute approximate surface area is 184 Å². The van der Waals surface area contributed by atoms with Crippen molar-refractivity contribution in [3.8, 4) is 5.75 Å². The first-order valence-corrected chi connectivity index (χ1v) is 10.9. The lowest BCUT2D eigenvalue weighted by molar-refractivity contribution is -0.385. The molecule has 0 aliphatic rings. The normalized spacial score (nSPS) is 11.4. The van der Waals surface area contributed by atoms with Gasteiger partial charge in [-0.2, -0.15) is 13.5 Å². The van der Waals surface area contributed by atoms with Crippen LogP contribution in [0.25, 0.3) is 0 Å². The fraction of sp³-hybridized carbons (Fsp3) is 0.0952. The highest BCUT2D eigenvalue weighted by molar-refractivity contribution is 7.89. The smallest absolute Gasteiger partial charge is 0.276 e. The van der Waals surface area contributed by atoms with E-state index < -0.39 is 14.9 Å². The van der Waals surface area contributed by atoms with E-state index in [1.807, 2.05) is 12.1 Å². The highest BCUT2D eigenvalue weighted by Gasteiger charge is 2.19. The summed E-state index contributed by atoms with van der Waals surface area (Å²) in [6.07, 6.45) is 1.32. The lowest BCUT2D eigenvalue weighted by Gasteiger charge is -2.07. The molecule has 0 amide bonds. The zero-order valence-corrected chi connectivity index (χ0v) is 17.9. The number of rotatable bonds is 8. The molecule has 0 unspecified atom stereocenters. The number of hydrogen-bond acceptors (Lipinski definition) is 6. The number of ether oxygens (including phenoxy) is 1. The number of nitro benzene ring substituents is 1. The molecule has 0 saturated heterocycles. The molecule has 0 spiro atoms. The molecular weight excluding hydrogens is 442 g/mol. The van der Waals surface area contributed by atoms with Crippen LogP contribution in [0, 0.1) is 17.0 Å². The Morgan fingerprint density at radius 2 is 1.77 bits per heavy atom. The van der Waals surface area contributed by atoms with Gasteiger partial charge < -0.3 is 4.74 Å². The fourth-order valence-corrected chi connectivity index (χ4v) is 3.51. The van der Waals surface area contributed by atoms with Gasteiger partial charge in [-0.15, -0.1) is 0 Å². The van der Waals surface area contributed by atoms with Gasteiger partial charge in [0.1, 0.15) is 12.4 Å². The number of halogens is 1. The van der Waals surface area contributed by atoms with Gasteiger partial charge in [-0.3, -0.25) is 10.1 Å². The maximum absolute atomic E-state index is 12.3. The highest BCUT2D eigenvalue weighted by atomic mass is 35.5. The second-order valence-electron chi connectivity index (χ2n) is 6.54. The van der Waals surface area contributed by atoms with Crippen molar-refractivity contribution >= 4 is 33.5 Å². The molecule has 3 aromatic carbocycles. The van der Waals surface area contributed by atoms with Crippen LogP contribution < -0.4 is 9.57 Å². The number of nitrogens with zero attached hydrogens (tertiary/aromatic N) is 2. The van der Waals surface area contributed by atoms with Gasteiger partial charge in [-0.1, -0.05) is 29.8 Å². The molecule has 0 radical (unpaired) electrons. The van der Waals surface area contributed by atoms with Gasteiger partial charge in [-0.05, 0) is 60.5 Å². The van der Waals surface area contributed by atoms with E-state index in [4.69, 9.17) is 16.3 Å². The number of nitrogens with one attached hydrogen (secondary N) is 1. The zero-order chi connectivity index (χ0) is 22.4. The third-order valence-corrected chi connectivity index (χ3v) is 5.75. The third kappa shape index (κ3) is 6.03. The van der Waals surface area contributed by atoms with Crippen molar-refractivity contribution in [2.24, 2.45) is 5.10 Å². The van der Waals surface area contributed by atoms with Crippen molar-refractivity contribution < 1.29 is 18.1 Å². The van der Waals surface area contributed by atoms with E-state index in [2.05, 4.69) is 9.93 Å². The third-order valence-electron chi connectivity index (χ3n) is 4.27. The molecule has 160 valence electrons. The van der Waals surface area contributed by atoms with E-state index in [1.54, 1.807) is 36.4 Å². The Morgan fingerprint density at radius 1 is 1.10 bits per heavy atom. The summed E-state index contributed by atoms with van der Waals surface area (Å²) in [5.74, 6) is 0.639. The van der Waals surface area contributed by atoms with Gasteiger partial charge in [0.05, 0.1) is 16.0 Å². The molecule has 10 heteroatoms. The maximum atomic E-state index is 12.3. The molecule has 0 bridgehead atoms. The van der Waals surface area contributed by atoms with Gasteiger partial charge in [-0.25, -0.2) is 4.83 Å². The van der Waals surface area contributed by atoms with Crippen molar-refractivity contribution in [3.05, 3.63) is 98.6 Å². The Balaban J connectivity index is 1.61. The monoisotopic (exact) mass is 459 g/mol. The van der Waals surface area contributed by atoms with Gasteiger partial charge in [0.25, 0.3) is 15.7 Å². The van der Waals surface area contributed by atoms with Crippen LogP contribution in [0.15, 0.2) is 76.7 Å². The summed E-state index contributed by atoms with van der Waals surface area (Å²) in [6, 6.07) is 17.9. The van der Waals surface area contributed by atoms with E-state index in [-0.39, 0.29) is 10.6 Å². The maximum Gasteiger partial charge on any atom is 0.276 e. The van der Waals surface area contributed by atoms with Crippen LogP contribution in [0.3, 0.4) is 0 Å². The van der Waals surface area contributed by atoms with E-state index in [1.165, 1.54) is 25.3 Å². The van der Waals surface area contributed by atoms with Crippen LogP contribution in [-0.2, 0) is 16.6 Å². The van der Waals surface area contributed by atoms with E-state index >= 15 is 0 Å². The van der Waals surface area contributed by atoms with Crippen molar-refractivity contribution in [2.75, 3.05) is 0 Å².